The molecule has 0 spiro atoms. The highest BCUT2D eigenvalue weighted by Gasteiger charge is 2.42. The van der Waals surface area contributed by atoms with Crippen LogP contribution in [0.25, 0.3) is 0 Å². The van der Waals surface area contributed by atoms with Gasteiger partial charge in [-0.2, -0.15) is 0 Å². The Kier molecular flexibility index (Phi) is 6.38. The molecule has 4 aromatic carbocycles. The minimum absolute atomic E-state index is 0.346. The number of imidazole rings is 1. The molecule has 1 aromatic heterocycles. The van der Waals surface area contributed by atoms with Gasteiger partial charge >= 0.3 is 0 Å². The molecule has 1 aliphatic carbocycles. The Labute approximate surface area is 217 Å². The molecule has 4 heteroatoms. The van der Waals surface area contributed by atoms with Crippen LogP contribution in [0.4, 0.5) is 0 Å². The topological polar surface area (TPSA) is 39.4 Å². The van der Waals surface area contributed by atoms with E-state index in [1.807, 2.05) is 42.9 Å². The fraction of sp³-hybridized carbons (Fsp3) is 0.152. The van der Waals surface area contributed by atoms with Crippen LogP contribution in [0, 0.1) is 5.92 Å². The Bertz CT molecular complexity index is 1350. The first-order chi connectivity index (χ1) is 18.4. The third-order valence-corrected chi connectivity index (χ3v) is 7.19. The minimum atomic E-state index is -0.535. The third kappa shape index (κ3) is 4.58. The maximum absolute atomic E-state index is 5.53. The van der Waals surface area contributed by atoms with Crippen molar-refractivity contribution in [3.8, 4) is 0 Å². The van der Waals surface area contributed by atoms with Gasteiger partial charge in [-0.3, -0.25) is 0 Å². The van der Waals surface area contributed by atoms with Crippen LogP contribution in [0.1, 0.15) is 40.3 Å². The average Bonchev–Trinajstić information content (AvgIpc) is 3.58. The summed E-state index contributed by atoms with van der Waals surface area (Å²) in [5, 5.41) is 4.24. The molecule has 0 radical (unpaired) electrons. The van der Waals surface area contributed by atoms with Gasteiger partial charge in [0.15, 0.2) is 0 Å². The monoisotopic (exact) mass is 483 g/mol. The van der Waals surface area contributed by atoms with Crippen LogP contribution in [0.5, 0.6) is 0 Å². The summed E-state index contributed by atoms with van der Waals surface area (Å²) in [5.74, 6) is 0.698. The van der Waals surface area contributed by atoms with E-state index in [0.717, 1.165) is 17.7 Å². The second kappa shape index (κ2) is 10.3. The summed E-state index contributed by atoms with van der Waals surface area (Å²) in [7, 11) is 0. The van der Waals surface area contributed by atoms with E-state index in [0.29, 0.717) is 18.4 Å². The maximum atomic E-state index is 5.53. The summed E-state index contributed by atoms with van der Waals surface area (Å²) in [6.07, 6.45) is 7.17. The second-order valence-electron chi connectivity index (χ2n) is 9.53. The zero-order valence-electron chi connectivity index (χ0n) is 20.6. The maximum Gasteiger partial charge on any atom is 0.142 e. The van der Waals surface area contributed by atoms with E-state index in [-0.39, 0.29) is 0 Å². The van der Waals surface area contributed by atoms with Crippen LogP contribution in [0.2, 0.25) is 0 Å². The fourth-order valence-corrected chi connectivity index (χ4v) is 5.22. The first kappa shape index (κ1) is 23.0. The second-order valence-corrected chi connectivity index (χ2v) is 9.53. The van der Waals surface area contributed by atoms with E-state index in [2.05, 4.69) is 107 Å². The number of rotatable bonds is 9. The lowest BCUT2D eigenvalue weighted by molar-refractivity contribution is 0.131. The van der Waals surface area contributed by atoms with Gasteiger partial charge in [0.05, 0.1) is 12.0 Å². The van der Waals surface area contributed by atoms with Gasteiger partial charge in [0, 0.05) is 24.2 Å². The van der Waals surface area contributed by atoms with Crippen LogP contribution in [-0.2, 0) is 17.0 Å². The van der Waals surface area contributed by atoms with Gasteiger partial charge in [-0.25, -0.2) is 4.98 Å². The van der Waals surface area contributed by atoms with Crippen molar-refractivity contribution in [2.24, 2.45) is 11.1 Å². The predicted molar refractivity (Wildman–Crippen MR) is 147 cm³/mol. The minimum Gasteiger partial charge on any atom is -0.391 e. The van der Waals surface area contributed by atoms with Gasteiger partial charge in [-0.05, 0) is 28.7 Å². The molecule has 0 N–H and O–H groups in total. The van der Waals surface area contributed by atoms with Crippen LogP contribution < -0.4 is 0 Å². The van der Waals surface area contributed by atoms with E-state index in [1.54, 1.807) is 0 Å². The lowest BCUT2D eigenvalue weighted by Crippen LogP contribution is -2.36. The quantitative estimate of drug-likeness (QED) is 0.128. The summed E-state index contributed by atoms with van der Waals surface area (Å²) in [6, 6.07) is 42.2. The molecule has 0 bridgehead atoms. The van der Waals surface area contributed by atoms with Crippen molar-refractivity contribution >= 4 is 6.21 Å². The summed E-state index contributed by atoms with van der Waals surface area (Å²) in [6.45, 7) is 0.483. The third-order valence-electron chi connectivity index (χ3n) is 7.19. The Morgan fingerprint density at radius 2 is 1.27 bits per heavy atom. The van der Waals surface area contributed by atoms with E-state index in [4.69, 9.17) is 9.82 Å². The van der Waals surface area contributed by atoms with Crippen molar-refractivity contribution in [1.29, 1.82) is 0 Å². The summed E-state index contributed by atoms with van der Waals surface area (Å²) >= 11 is 0. The molecule has 1 aliphatic rings. The Morgan fingerprint density at radius 3 is 1.81 bits per heavy atom. The predicted octanol–water partition coefficient (Wildman–Crippen LogP) is 7.03. The summed E-state index contributed by atoms with van der Waals surface area (Å²) in [4.78, 5) is 10.4. The lowest BCUT2D eigenvalue weighted by atomic mass is 9.77. The molecule has 6 rings (SSSR count). The lowest BCUT2D eigenvalue weighted by Gasteiger charge is -2.37. The molecule has 37 heavy (non-hydrogen) atoms. The highest BCUT2D eigenvalue weighted by molar-refractivity contribution is 5.66. The molecule has 0 saturated heterocycles. The number of benzene rings is 4. The molecule has 0 amide bonds. The van der Waals surface area contributed by atoms with Crippen molar-refractivity contribution < 1.29 is 4.84 Å². The van der Waals surface area contributed by atoms with Gasteiger partial charge in [-0.15, -0.1) is 0 Å². The SMILES string of the molecule is C(=N\OCc1ccccc1)/[C@@H]1C[C@@H]1c1cn(C(c2ccccc2)(c2ccccc2)c2ccccc2)cn1. The Hall–Kier alpha value is -4.44. The number of nitrogens with zero attached hydrogens (tertiary/aromatic N) is 3. The molecule has 0 aliphatic heterocycles. The van der Waals surface area contributed by atoms with Crippen molar-refractivity contribution in [1.82, 2.24) is 9.55 Å². The molecule has 1 fully saturated rings. The molecule has 2 atom stereocenters. The smallest absolute Gasteiger partial charge is 0.142 e. The molecule has 5 aromatic rings. The van der Waals surface area contributed by atoms with E-state index >= 15 is 0 Å². The molecule has 1 saturated carbocycles. The van der Waals surface area contributed by atoms with Gasteiger partial charge in [0.25, 0.3) is 0 Å². The van der Waals surface area contributed by atoms with Crippen LogP contribution in [0.3, 0.4) is 0 Å². The normalized spacial score (nSPS) is 17.1. The first-order valence-corrected chi connectivity index (χ1v) is 12.8. The van der Waals surface area contributed by atoms with Gasteiger partial charge in [0.1, 0.15) is 12.1 Å². The highest BCUT2D eigenvalue weighted by atomic mass is 16.6. The Morgan fingerprint density at radius 1 is 0.757 bits per heavy atom. The van der Waals surface area contributed by atoms with Gasteiger partial charge < -0.3 is 9.40 Å². The molecule has 182 valence electrons. The highest BCUT2D eigenvalue weighted by Crippen LogP contribution is 2.47. The number of aromatic nitrogens is 2. The largest absolute Gasteiger partial charge is 0.391 e. The summed E-state index contributed by atoms with van der Waals surface area (Å²) < 4.78 is 2.28. The summed E-state index contributed by atoms with van der Waals surface area (Å²) in [5.41, 5.74) is 5.25. The molecule has 1 heterocycles. The standard InChI is InChI=1S/C33H29N3O/c1-5-13-26(14-6-1)24-37-35-22-27-21-31(27)32-23-36(25-34-32)33(28-15-7-2-8-16-28,29-17-9-3-10-18-29)30-19-11-4-12-20-30/h1-20,22-23,25,27,31H,21,24H2/b35-22+/t27-,31-/m0/s1. The Balaban J connectivity index is 1.31. The molecule has 0 unspecified atom stereocenters. The van der Waals surface area contributed by atoms with Gasteiger partial charge in [-0.1, -0.05) is 126 Å². The molecular weight excluding hydrogens is 454 g/mol. The van der Waals surface area contributed by atoms with Crippen molar-refractivity contribution in [2.75, 3.05) is 0 Å². The van der Waals surface area contributed by atoms with Gasteiger partial charge in [0.2, 0.25) is 0 Å². The van der Waals surface area contributed by atoms with Crippen molar-refractivity contribution in [2.45, 2.75) is 24.5 Å². The van der Waals surface area contributed by atoms with Crippen molar-refractivity contribution in [3.63, 3.8) is 0 Å². The number of hydrogen-bond donors (Lipinski definition) is 0. The zero-order valence-corrected chi connectivity index (χ0v) is 20.6. The van der Waals surface area contributed by atoms with E-state index in [9.17, 15) is 0 Å². The van der Waals surface area contributed by atoms with Crippen LogP contribution >= 0.6 is 0 Å². The zero-order chi connectivity index (χ0) is 24.9. The van der Waals surface area contributed by atoms with Crippen LogP contribution in [-0.4, -0.2) is 15.8 Å². The van der Waals surface area contributed by atoms with E-state index < -0.39 is 5.54 Å². The molecule has 4 nitrogen and oxygen atoms in total. The number of oxime groups is 1. The van der Waals surface area contributed by atoms with Crippen molar-refractivity contribution in [3.05, 3.63) is 162 Å². The average molecular weight is 484 g/mol. The number of hydrogen-bond acceptors (Lipinski definition) is 3. The van der Waals surface area contributed by atoms with E-state index in [1.165, 1.54) is 16.7 Å². The fourth-order valence-electron chi connectivity index (χ4n) is 5.22. The molecular formula is C33H29N3O. The first-order valence-electron chi connectivity index (χ1n) is 12.8. The van der Waals surface area contributed by atoms with Crippen LogP contribution in [0.15, 0.2) is 139 Å².